The molecule has 0 amide bonds. The van der Waals surface area contributed by atoms with Crippen LogP contribution >= 0.6 is 0 Å². The molecule has 0 aromatic rings. The number of ketones is 1. The highest BCUT2D eigenvalue weighted by Gasteiger charge is 2.56. The van der Waals surface area contributed by atoms with Gasteiger partial charge in [0.2, 0.25) is 0 Å². The van der Waals surface area contributed by atoms with Crippen molar-refractivity contribution in [3.63, 3.8) is 0 Å². The number of aliphatic hydroxyl groups excluding tert-OH is 3. The standard InChI is InChI=1S/C44H68O14/c1-24(13-16-31(53-27(4)46)21-26(3)33(54-28(5)47)22-32-25(2)15-18-36(50)42(32,8)9)14-17-35-43(10,11)37(19-20-44(35,12)58-30(7)49)57-41-40(55-29(6)48)39(52)38(51)34(23-45)56-41/h13,15,21,31-35,37-41,45,51-52H,14,16-20,22-23H2,1-12H3/b24-13+,26-21+/t31?,32?,33?,34?,35-,37?,38?,39?,40?,41?,44-/m1/s1. The predicted molar refractivity (Wildman–Crippen MR) is 213 cm³/mol. The lowest BCUT2D eigenvalue weighted by atomic mass is 9.58. The Kier molecular flexibility index (Phi) is 17.1. The topological polar surface area (TPSA) is 201 Å². The Morgan fingerprint density at radius 2 is 1.57 bits per heavy atom. The molecule has 2 aliphatic carbocycles. The Morgan fingerprint density at radius 3 is 2.14 bits per heavy atom. The van der Waals surface area contributed by atoms with Gasteiger partial charge in [-0.15, -0.1) is 0 Å². The molecule has 58 heavy (non-hydrogen) atoms. The minimum absolute atomic E-state index is 0.125. The highest BCUT2D eigenvalue weighted by Crippen LogP contribution is 2.52. The zero-order valence-electron chi connectivity index (χ0n) is 36.5. The fourth-order valence-electron chi connectivity index (χ4n) is 9.19. The molecule has 14 nitrogen and oxygen atoms in total. The van der Waals surface area contributed by atoms with Gasteiger partial charge in [0.1, 0.15) is 41.9 Å². The van der Waals surface area contributed by atoms with E-state index in [-0.39, 0.29) is 17.6 Å². The molecular formula is C44H68O14. The fourth-order valence-corrected chi connectivity index (χ4v) is 9.19. The fraction of sp³-hybridized carbons (Fsp3) is 0.750. The first-order chi connectivity index (χ1) is 26.8. The third kappa shape index (κ3) is 12.3. The number of carbonyl (C=O) groups excluding carboxylic acids is 5. The molecule has 0 aromatic carbocycles. The summed E-state index contributed by atoms with van der Waals surface area (Å²) in [6, 6.07) is 0. The number of hydrogen-bond donors (Lipinski definition) is 3. The quantitative estimate of drug-likeness (QED) is 0.102. The SMILES string of the molecule is CC(=O)OC(/C=C(\C)C(CC1C(C)=CCC(=O)C1(C)C)OC(C)=O)C/C=C(\C)CC[C@@H]1C(C)(C)C(OC2OC(CO)C(O)C(O)C2OC(C)=O)CC[C@@]1(C)OC(C)=O. The number of Topliss-reactive ketones (excluding diaryl/α,β-unsaturated/α-hetero) is 1. The Labute approximate surface area is 343 Å². The van der Waals surface area contributed by atoms with Crippen molar-refractivity contribution in [2.75, 3.05) is 6.61 Å². The number of carbonyl (C=O) groups is 5. The van der Waals surface area contributed by atoms with Crippen LogP contribution in [0.4, 0.5) is 0 Å². The molecule has 1 saturated heterocycles. The summed E-state index contributed by atoms with van der Waals surface area (Å²) >= 11 is 0. The van der Waals surface area contributed by atoms with Crippen LogP contribution in [0.5, 0.6) is 0 Å². The smallest absolute Gasteiger partial charge is 0.303 e. The molecule has 3 aliphatic rings. The van der Waals surface area contributed by atoms with E-state index in [1.54, 1.807) is 6.08 Å². The second kappa shape index (κ2) is 20.2. The average molecular weight is 821 g/mol. The summed E-state index contributed by atoms with van der Waals surface area (Å²) in [5.41, 5.74) is 0.558. The zero-order chi connectivity index (χ0) is 43.9. The molecule has 1 heterocycles. The molecule has 0 bridgehead atoms. The molecule has 328 valence electrons. The molecule has 0 aromatic heterocycles. The highest BCUT2D eigenvalue weighted by atomic mass is 16.7. The minimum Gasteiger partial charge on any atom is -0.459 e. The van der Waals surface area contributed by atoms with E-state index in [9.17, 15) is 39.3 Å². The molecule has 0 spiro atoms. The lowest BCUT2D eigenvalue weighted by Gasteiger charge is -2.54. The second-order valence-corrected chi connectivity index (χ2v) is 17.8. The summed E-state index contributed by atoms with van der Waals surface area (Å²) in [4.78, 5) is 61.7. The van der Waals surface area contributed by atoms with Gasteiger partial charge in [0.25, 0.3) is 0 Å². The lowest BCUT2D eigenvalue weighted by Crippen LogP contribution is -2.63. The Hall–Kier alpha value is -3.43. The van der Waals surface area contributed by atoms with Crippen LogP contribution in [0.3, 0.4) is 0 Å². The van der Waals surface area contributed by atoms with Crippen LogP contribution in [0.25, 0.3) is 0 Å². The van der Waals surface area contributed by atoms with Gasteiger partial charge in [0, 0.05) is 51.9 Å². The molecular weight excluding hydrogens is 752 g/mol. The molecule has 14 heteroatoms. The van der Waals surface area contributed by atoms with Gasteiger partial charge in [-0.1, -0.05) is 51.0 Å². The van der Waals surface area contributed by atoms with E-state index in [4.69, 9.17) is 28.4 Å². The average Bonchev–Trinajstić information content (AvgIpc) is 3.10. The molecule has 2 fully saturated rings. The van der Waals surface area contributed by atoms with Crippen molar-refractivity contribution in [1.29, 1.82) is 0 Å². The van der Waals surface area contributed by atoms with Crippen LogP contribution in [0.15, 0.2) is 34.9 Å². The van der Waals surface area contributed by atoms with Gasteiger partial charge >= 0.3 is 23.9 Å². The van der Waals surface area contributed by atoms with Gasteiger partial charge in [-0.2, -0.15) is 0 Å². The molecule has 1 aliphatic heterocycles. The number of aliphatic hydroxyl groups is 3. The van der Waals surface area contributed by atoms with E-state index in [0.29, 0.717) is 50.5 Å². The third-order valence-corrected chi connectivity index (χ3v) is 12.5. The van der Waals surface area contributed by atoms with Crippen molar-refractivity contribution in [2.45, 2.75) is 183 Å². The van der Waals surface area contributed by atoms with E-state index >= 15 is 0 Å². The predicted octanol–water partition coefficient (Wildman–Crippen LogP) is 5.38. The maximum Gasteiger partial charge on any atom is 0.303 e. The summed E-state index contributed by atoms with van der Waals surface area (Å²) in [7, 11) is 0. The molecule has 3 N–H and O–H groups in total. The first-order valence-electron chi connectivity index (χ1n) is 20.4. The Morgan fingerprint density at radius 1 is 0.931 bits per heavy atom. The third-order valence-electron chi connectivity index (χ3n) is 12.5. The summed E-state index contributed by atoms with van der Waals surface area (Å²) in [6.07, 6.45) is 0.0425. The van der Waals surface area contributed by atoms with Gasteiger partial charge in [-0.05, 0) is 82.8 Å². The van der Waals surface area contributed by atoms with Crippen LogP contribution in [0.2, 0.25) is 0 Å². The molecule has 0 radical (unpaired) electrons. The summed E-state index contributed by atoms with van der Waals surface area (Å²) in [6.45, 7) is 20.1. The normalized spacial score (nSPS) is 32.3. The first-order valence-corrected chi connectivity index (χ1v) is 20.4. The number of ether oxygens (including phenoxy) is 6. The number of rotatable bonds is 16. The van der Waals surface area contributed by atoms with Gasteiger partial charge in [0.05, 0.1) is 12.7 Å². The van der Waals surface area contributed by atoms with Crippen molar-refractivity contribution < 1.29 is 67.7 Å². The number of esters is 4. The summed E-state index contributed by atoms with van der Waals surface area (Å²) in [5, 5.41) is 31.1. The largest absolute Gasteiger partial charge is 0.459 e. The molecule has 1 saturated carbocycles. The van der Waals surface area contributed by atoms with Crippen molar-refractivity contribution in [3.05, 3.63) is 34.9 Å². The number of allylic oxidation sites excluding steroid dienone is 3. The van der Waals surface area contributed by atoms with E-state index in [1.807, 2.05) is 67.5 Å². The maximum atomic E-state index is 12.8. The first kappa shape index (κ1) is 48.9. The van der Waals surface area contributed by atoms with Crippen LogP contribution in [-0.2, 0) is 52.4 Å². The van der Waals surface area contributed by atoms with Gasteiger partial charge in [0.15, 0.2) is 12.4 Å². The van der Waals surface area contributed by atoms with Crippen LogP contribution in [-0.4, -0.2) is 106 Å². The summed E-state index contributed by atoms with van der Waals surface area (Å²) < 4.78 is 35.2. The highest BCUT2D eigenvalue weighted by molar-refractivity contribution is 5.87. The maximum absolute atomic E-state index is 12.8. The molecule has 9 unspecified atom stereocenters. The Bertz CT molecular complexity index is 1590. The van der Waals surface area contributed by atoms with E-state index < -0.39 is 95.9 Å². The van der Waals surface area contributed by atoms with E-state index in [1.165, 1.54) is 27.7 Å². The molecule has 11 atom stereocenters. The van der Waals surface area contributed by atoms with Crippen LogP contribution < -0.4 is 0 Å². The van der Waals surface area contributed by atoms with Crippen LogP contribution in [0, 0.1) is 22.7 Å². The van der Waals surface area contributed by atoms with E-state index in [0.717, 1.165) is 11.1 Å². The second-order valence-electron chi connectivity index (χ2n) is 17.8. The van der Waals surface area contributed by atoms with Crippen molar-refractivity contribution in [1.82, 2.24) is 0 Å². The Balaban J connectivity index is 1.86. The van der Waals surface area contributed by atoms with Gasteiger partial charge in [-0.25, -0.2) is 0 Å². The lowest BCUT2D eigenvalue weighted by molar-refractivity contribution is -0.329. The monoisotopic (exact) mass is 820 g/mol. The van der Waals surface area contributed by atoms with Crippen molar-refractivity contribution in [3.8, 4) is 0 Å². The van der Waals surface area contributed by atoms with Gasteiger partial charge in [-0.3, -0.25) is 24.0 Å². The van der Waals surface area contributed by atoms with Crippen LogP contribution in [0.1, 0.15) is 128 Å². The minimum atomic E-state index is -1.57. The van der Waals surface area contributed by atoms with Crippen molar-refractivity contribution in [2.24, 2.45) is 22.7 Å². The number of hydrogen-bond acceptors (Lipinski definition) is 14. The van der Waals surface area contributed by atoms with E-state index in [2.05, 4.69) is 0 Å². The zero-order valence-corrected chi connectivity index (χ0v) is 36.5. The molecule has 3 rings (SSSR count). The summed E-state index contributed by atoms with van der Waals surface area (Å²) in [5.74, 6) is -2.35. The van der Waals surface area contributed by atoms with Gasteiger partial charge < -0.3 is 43.7 Å². The van der Waals surface area contributed by atoms with Crippen molar-refractivity contribution >= 4 is 29.7 Å².